The van der Waals surface area contributed by atoms with Crippen LogP contribution >= 0.6 is 0 Å². The number of hydrogen-bond donors (Lipinski definition) is 2. The quantitative estimate of drug-likeness (QED) is 0.778. The Morgan fingerprint density at radius 3 is 2.83 bits per heavy atom. The molecular weight excluding hydrogens is 222 g/mol. The highest BCUT2D eigenvalue weighted by Gasteiger charge is 2.32. The van der Waals surface area contributed by atoms with Crippen molar-refractivity contribution in [2.45, 2.75) is 33.1 Å². The summed E-state index contributed by atoms with van der Waals surface area (Å²) in [6.07, 6.45) is 4.13. The van der Waals surface area contributed by atoms with Crippen molar-refractivity contribution in [1.82, 2.24) is 15.5 Å². The van der Waals surface area contributed by atoms with E-state index in [4.69, 9.17) is 0 Å². The molecule has 2 unspecified atom stereocenters. The highest BCUT2D eigenvalue weighted by Crippen LogP contribution is 2.33. The smallest absolute Gasteiger partial charge is 0.00122 e. The maximum Gasteiger partial charge on any atom is 0.00122 e. The van der Waals surface area contributed by atoms with Crippen molar-refractivity contribution in [3.63, 3.8) is 0 Å². The van der Waals surface area contributed by atoms with Gasteiger partial charge in [0.15, 0.2) is 0 Å². The molecule has 0 aromatic rings. The first-order valence-electron chi connectivity index (χ1n) is 7.68. The van der Waals surface area contributed by atoms with Gasteiger partial charge in [0.2, 0.25) is 0 Å². The molecule has 106 valence electrons. The van der Waals surface area contributed by atoms with Crippen LogP contribution in [-0.2, 0) is 0 Å². The van der Waals surface area contributed by atoms with Crippen LogP contribution in [0.1, 0.15) is 33.1 Å². The normalized spacial score (nSPS) is 30.8. The Bertz CT molecular complexity index is 246. The van der Waals surface area contributed by atoms with Crippen molar-refractivity contribution in [2.24, 2.45) is 17.3 Å². The zero-order valence-corrected chi connectivity index (χ0v) is 12.5. The highest BCUT2D eigenvalue weighted by molar-refractivity contribution is 4.85. The fourth-order valence-corrected chi connectivity index (χ4v) is 3.44. The molecule has 0 aromatic heterocycles. The number of nitrogens with zero attached hydrogens (tertiary/aromatic N) is 1. The number of nitrogens with one attached hydrogen (secondary N) is 2. The van der Waals surface area contributed by atoms with E-state index in [1.165, 1.54) is 58.5 Å². The molecule has 0 bridgehead atoms. The molecule has 0 aromatic carbocycles. The van der Waals surface area contributed by atoms with Gasteiger partial charge in [-0.3, -0.25) is 0 Å². The second kappa shape index (κ2) is 6.36. The molecule has 3 heteroatoms. The Hall–Kier alpha value is -0.120. The van der Waals surface area contributed by atoms with Crippen molar-refractivity contribution in [3.8, 4) is 0 Å². The summed E-state index contributed by atoms with van der Waals surface area (Å²) < 4.78 is 0. The van der Waals surface area contributed by atoms with Crippen molar-refractivity contribution in [1.29, 1.82) is 0 Å². The third-order valence-electron chi connectivity index (χ3n) is 4.91. The molecule has 2 aliphatic heterocycles. The molecule has 2 atom stereocenters. The fourth-order valence-electron chi connectivity index (χ4n) is 3.44. The van der Waals surface area contributed by atoms with Crippen molar-refractivity contribution < 1.29 is 0 Å². The highest BCUT2D eigenvalue weighted by atomic mass is 15.1. The first-order chi connectivity index (χ1) is 8.58. The minimum Gasteiger partial charge on any atom is -0.316 e. The summed E-state index contributed by atoms with van der Waals surface area (Å²) in [5.74, 6) is 1.71. The van der Waals surface area contributed by atoms with E-state index in [1.807, 2.05) is 0 Å². The molecule has 0 amide bonds. The van der Waals surface area contributed by atoms with Crippen LogP contribution in [0.4, 0.5) is 0 Å². The molecule has 0 spiro atoms. The molecular formula is C15H31N3. The van der Waals surface area contributed by atoms with E-state index in [0.717, 1.165) is 11.8 Å². The molecule has 2 N–H and O–H groups in total. The second-order valence-corrected chi connectivity index (χ2v) is 7.08. The third kappa shape index (κ3) is 3.94. The van der Waals surface area contributed by atoms with E-state index >= 15 is 0 Å². The third-order valence-corrected chi connectivity index (χ3v) is 4.91. The van der Waals surface area contributed by atoms with Gasteiger partial charge in [-0.25, -0.2) is 0 Å². The van der Waals surface area contributed by atoms with Crippen LogP contribution in [0.3, 0.4) is 0 Å². The van der Waals surface area contributed by atoms with E-state index in [1.54, 1.807) is 0 Å². The number of hydrogen-bond acceptors (Lipinski definition) is 3. The number of piperidine rings is 1. The summed E-state index contributed by atoms with van der Waals surface area (Å²) in [6, 6.07) is 0. The van der Waals surface area contributed by atoms with Crippen LogP contribution in [0.15, 0.2) is 0 Å². The maximum absolute atomic E-state index is 3.72. The zero-order chi connectivity index (χ0) is 13.0. The van der Waals surface area contributed by atoms with Gasteiger partial charge in [0.1, 0.15) is 0 Å². The maximum atomic E-state index is 3.72. The lowest BCUT2D eigenvalue weighted by Crippen LogP contribution is -2.44. The van der Waals surface area contributed by atoms with Gasteiger partial charge >= 0.3 is 0 Å². The van der Waals surface area contributed by atoms with Gasteiger partial charge in [0, 0.05) is 13.1 Å². The Labute approximate surface area is 113 Å². The van der Waals surface area contributed by atoms with Crippen molar-refractivity contribution >= 4 is 0 Å². The summed E-state index contributed by atoms with van der Waals surface area (Å²) in [5.41, 5.74) is 0.431. The predicted octanol–water partition coefficient (Wildman–Crippen LogP) is 1.55. The Morgan fingerprint density at radius 1 is 1.33 bits per heavy atom. The molecule has 2 saturated heterocycles. The minimum atomic E-state index is 0.431. The van der Waals surface area contributed by atoms with Gasteiger partial charge < -0.3 is 15.5 Å². The molecule has 2 fully saturated rings. The van der Waals surface area contributed by atoms with Crippen LogP contribution < -0.4 is 10.6 Å². The van der Waals surface area contributed by atoms with E-state index < -0.39 is 0 Å². The van der Waals surface area contributed by atoms with Crippen LogP contribution in [0.25, 0.3) is 0 Å². The van der Waals surface area contributed by atoms with Crippen LogP contribution in [0.2, 0.25) is 0 Å². The lowest BCUT2D eigenvalue weighted by molar-refractivity contribution is 0.102. The van der Waals surface area contributed by atoms with E-state index in [0.29, 0.717) is 5.41 Å². The Balaban J connectivity index is 1.71. The van der Waals surface area contributed by atoms with Crippen LogP contribution in [-0.4, -0.2) is 51.2 Å². The average molecular weight is 253 g/mol. The van der Waals surface area contributed by atoms with Crippen molar-refractivity contribution in [3.05, 3.63) is 0 Å². The molecule has 0 saturated carbocycles. The molecule has 0 radical (unpaired) electrons. The fraction of sp³-hybridized carbons (Fsp3) is 1.00. The first-order valence-corrected chi connectivity index (χ1v) is 7.68. The first kappa shape index (κ1) is 14.3. The Morgan fingerprint density at radius 2 is 2.17 bits per heavy atom. The van der Waals surface area contributed by atoms with E-state index in [9.17, 15) is 0 Å². The van der Waals surface area contributed by atoms with Gasteiger partial charge in [-0.15, -0.1) is 0 Å². The molecule has 3 nitrogen and oxygen atoms in total. The summed E-state index contributed by atoms with van der Waals surface area (Å²) in [7, 11) is 2.26. The van der Waals surface area contributed by atoms with Crippen LogP contribution in [0, 0.1) is 17.3 Å². The predicted molar refractivity (Wildman–Crippen MR) is 77.8 cm³/mol. The Kier molecular flexibility index (Phi) is 5.05. The van der Waals surface area contributed by atoms with E-state index in [-0.39, 0.29) is 0 Å². The lowest BCUT2D eigenvalue weighted by Gasteiger charge is -2.40. The van der Waals surface area contributed by atoms with Gasteiger partial charge in [-0.2, -0.15) is 0 Å². The number of likely N-dealkylation sites (tertiary alicyclic amines) is 1. The van der Waals surface area contributed by atoms with E-state index in [2.05, 4.69) is 36.4 Å². The second-order valence-electron chi connectivity index (χ2n) is 7.08. The molecule has 0 aliphatic carbocycles. The molecule has 2 aliphatic rings. The monoisotopic (exact) mass is 253 g/mol. The average Bonchev–Trinajstić information content (AvgIpc) is 2.82. The summed E-state index contributed by atoms with van der Waals surface area (Å²) >= 11 is 0. The van der Waals surface area contributed by atoms with Gasteiger partial charge in [0.05, 0.1) is 0 Å². The van der Waals surface area contributed by atoms with Gasteiger partial charge in [-0.1, -0.05) is 13.8 Å². The summed E-state index contributed by atoms with van der Waals surface area (Å²) in [5, 5.41) is 7.16. The van der Waals surface area contributed by atoms with Gasteiger partial charge in [-0.05, 0) is 69.7 Å². The molecule has 18 heavy (non-hydrogen) atoms. The van der Waals surface area contributed by atoms with Gasteiger partial charge in [0.25, 0.3) is 0 Å². The largest absolute Gasteiger partial charge is 0.316 e. The zero-order valence-electron chi connectivity index (χ0n) is 12.5. The standard InChI is InChI=1S/C15H31N3/c1-15(2,14-5-4-8-18(3)11-14)12-17-10-13-6-7-16-9-13/h13-14,16-17H,4-12H2,1-3H3. The SMILES string of the molecule is CN1CCCC(C(C)(C)CNCC2CCNC2)C1. The van der Waals surface area contributed by atoms with Crippen molar-refractivity contribution in [2.75, 3.05) is 46.3 Å². The topological polar surface area (TPSA) is 27.3 Å². The lowest BCUT2D eigenvalue weighted by atomic mass is 9.74. The molecule has 2 rings (SSSR count). The minimum absolute atomic E-state index is 0.431. The van der Waals surface area contributed by atoms with Crippen LogP contribution in [0.5, 0.6) is 0 Å². The molecule has 2 heterocycles. The summed E-state index contributed by atoms with van der Waals surface area (Å²) in [6.45, 7) is 12.2. The summed E-state index contributed by atoms with van der Waals surface area (Å²) in [4.78, 5) is 2.50. The number of rotatable bonds is 5.